The molecule has 0 aliphatic heterocycles. The Morgan fingerprint density at radius 3 is 2.35 bits per heavy atom. The third-order valence-electron chi connectivity index (χ3n) is 2.27. The summed E-state index contributed by atoms with van der Waals surface area (Å²) >= 11 is 11.5. The fourth-order valence-electron chi connectivity index (χ4n) is 1.45. The zero-order valence-electron chi connectivity index (χ0n) is 9.11. The van der Waals surface area contributed by atoms with Gasteiger partial charge >= 0.3 is 6.18 Å². The summed E-state index contributed by atoms with van der Waals surface area (Å²) in [6, 6.07) is 2.94. The van der Waals surface area contributed by atoms with Crippen LogP contribution in [-0.4, -0.2) is 18.8 Å². The maximum absolute atomic E-state index is 12.7. The molecule has 1 rings (SSSR count). The lowest BCUT2D eigenvalue weighted by Gasteiger charge is -2.21. The van der Waals surface area contributed by atoms with Crippen LogP contribution in [0.2, 0.25) is 10.0 Å². The van der Waals surface area contributed by atoms with E-state index in [-0.39, 0.29) is 18.0 Å². The molecule has 1 nitrogen and oxygen atoms in total. The summed E-state index contributed by atoms with van der Waals surface area (Å²) in [6.07, 6.45) is -4.43. The fourth-order valence-corrected chi connectivity index (χ4v) is 1.77. The predicted octanol–water partition coefficient (Wildman–Crippen LogP) is 4.08. The molecule has 0 aromatic heterocycles. The van der Waals surface area contributed by atoms with Crippen LogP contribution in [0.1, 0.15) is 12.5 Å². The number of alkyl halides is 3. The fraction of sp³-hybridized carbons (Fsp3) is 0.455. The number of benzene rings is 1. The predicted molar refractivity (Wildman–Crippen MR) is 63.7 cm³/mol. The molecule has 0 bridgehead atoms. The quantitative estimate of drug-likeness (QED) is 0.879. The van der Waals surface area contributed by atoms with Crippen LogP contribution in [0.25, 0.3) is 0 Å². The number of halogens is 5. The van der Waals surface area contributed by atoms with Crippen LogP contribution in [0.5, 0.6) is 0 Å². The minimum Gasteiger partial charge on any atom is -0.306 e. The minimum absolute atomic E-state index is 0.159. The maximum atomic E-state index is 12.7. The van der Waals surface area contributed by atoms with E-state index in [2.05, 4.69) is 5.32 Å². The molecule has 0 saturated carbocycles. The molecule has 0 heterocycles. The Morgan fingerprint density at radius 2 is 1.88 bits per heavy atom. The van der Waals surface area contributed by atoms with Crippen molar-refractivity contribution in [3.63, 3.8) is 0 Å². The van der Waals surface area contributed by atoms with E-state index in [1.54, 1.807) is 13.0 Å². The molecule has 1 unspecified atom stereocenters. The highest BCUT2D eigenvalue weighted by Gasteiger charge is 2.38. The summed E-state index contributed by atoms with van der Waals surface area (Å²) in [4.78, 5) is 0. The van der Waals surface area contributed by atoms with E-state index in [1.165, 1.54) is 12.1 Å². The Hall–Kier alpha value is -0.450. The summed E-state index contributed by atoms with van der Waals surface area (Å²) in [6.45, 7) is 1.89. The van der Waals surface area contributed by atoms with Crippen molar-refractivity contribution in [1.82, 2.24) is 5.32 Å². The first kappa shape index (κ1) is 14.6. The van der Waals surface area contributed by atoms with Gasteiger partial charge in [-0.1, -0.05) is 36.2 Å². The highest BCUT2D eigenvalue weighted by Crippen LogP contribution is 2.27. The number of nitrogens with one attached hydrogen (secondary N) is 1. The molecule has 0 saturated heterocycles. The molecule has 1 aromatic rings. The molecule has 0 spiro atoms. The van der Waals surface area contributed by atoms with Crippen molar-refractivity contribution in [3.05, 3.63) is 33.8 Å². The normalized spacial score (nSPS) is 13.8. The smallest absolute Gasteiger partial charge is 0.306 e. The number of likely N-dealkylation sites (N-methyl/N-ethyl adjacent to an activating group) is 1. The van der Waals surface area contributed by atoms with Gasteiger partial charge in [-0.25, -0.2) is 0 Å². The molecular weight excluding hydrogens is 274 g/mol. The van der Waals surface area contributed by atoms with Crippen LogP contribution in [0, 0.1) is 0 Å². The average Bonchev–Trinajstić information content (AvgIpc) is 2.21. The Balaban J connectivity index is 2.82. The second-order valence-corrected chi connectivity index (χ2v) is 4.42. The second-order valence-electron chi connectivity index (χ2n) is 3.60. The second kappa shape index (κ2) is 5.94. The lowest BCUT2D eigenvalue weighted by atomic mass is 10.1. The van der Waals surface area contributed by atoms with E-state index in [4.69, 9.17) is 23.2 Å². The third kappa shape index (κ3) is 4.37. The largest absolute Gasteiger partial charge is 0.404 e. The van der Waals surface area contributed by atoms with E-state index in [9.17, 15) is 13.2 Å². The van der Waals surface area contributed by atoms with Crippen LogP contribution in [0.3, 0.4) is 0 Å². The number of hydrogen-bond acceptors (Lipinski definition) is 1. The topological polar surface area (TPSA) is 12.0 Å². The Labute approximate surface area is 108 Å². The van der Waals surface area contributed by atoms with Gasteiger partial charge < -0.3 is 5.32 Å². The molecule has 1 aromatic carbocycles. The van der Waals surface area contributed by atoms with E-state index >= 15 is 0 Å². The van der Waals surface area contributed by atoms with E-state index in [0.29, 0.717) is 10.6 Å². The van der Waals surface area contributed by atoms with Crippen molar-refractivity contribution < 1.29 is 13.2 Å². The monoisotopic (exact) mass is 285 g/mol. The highest BCUT2D eigenvalue weighted by molar-refractivity contribution is 6.42. The number of hydrogen-bond donors (Lipinski definition) is 1. The first-order valence-corrected chi connectivity index (χ1v) is 5.84. The maximum Gasteiger partial charge on any atom is 0.404 e. The van der Waals surface area contributed by atoms with Crippen molar-refractivity contribution >= 4 is 23.2 Å². The van der Waals surface area contributed by atoms with E-state index in [0.717, 1.165) is 0 Å². The summed E-state index contributed by atoms with van der Waals surface area (Å²) in [7, 11) is 0. The SMILES string of the molecule is CCNC(Cc1ccc(Cl)c(Cl)c1)C(F)(F)F. The lowest BCUT2D eigenvalue weighted by molar-refractivity contribution is -0.155. The van der Waals surface area contributed by atoms with Gasteiger partial charge in [0, 0.05) is 0 Å². The third-order valence-corrected chi connectivity index (χ3v) is 3.01. The van der Waals surface area contributed by atoms with Crippen LogP contribution in [-0.2, 0) is 6.42 Å². The van der Waals surface area contributed by atoms with Crippen molar-refractivity contribution in [2.24, 2.45) is 0 Å². The minimum atomic E-state index is -4.28. The number of rotatable bonds is 4. The van der Waals surface area contributed by atoms with Gasteiger partial charge in [0.05, 0.1) is 10.0 Å². The van der Waals surface area contributed by atoms with Crippen molar-refractivity contribution in [3.8, 4) is 0 Å². The summed E-state index contributed by atoms with van der Waals surface area (Å²) in [5.74, 6) is 0. The Morgan fingerprint density at radius 1 is 1.24 bits per heavy atom. The molecule has 17 heavy (non-hydrogen) atoms. The summed E-state index contributed by atoms with van der Waals surface area (Å²) in [5.41, 5.74) is 0.502. The first-order valence-electron chi connectivity index (χ1n) is 5.08. The molecule has 6 heteroatoms. The lowest BCUT2D eigenvalue weighted by Crippen LogP contribution is -2.43. The molecule has 0 aliphatic rings. The first-order chi connectivity index (χ1) is 7.84. The van der Waals surface area contributed by atoms with Gasteiger partial charge in [0.25, 0.3) is 0 Å². The van der Waals surface area contributed by atoms with Gasteiger partial charge in [-0.15, -0.1) is 0 Å². The summed E-state index contributed by atoms with van der Waals surface area (Å²) < 4.78 is 38.0. The van der Waals surface area contributed by atoms with Crippen LogP contribution < -0.4 is 5.32 Å². The molecule has 96 valence electrons. The average molecular weight is 286 g/mol. The van der Waals surface area contributed by atoms with Crippen molar-refractivity contribution in [1.29, 1.82) is 0 Å². The van der Waals surface area contributed by atoms with E-state index in [1.807, 2.05) is 0 Å². The van der Waals surface area contributed by atoms with Gasteiger partial charge in [-0.05, 0) is 30.7 Å². The highest BCUT2D eigenvalue weighted by atomic mass is 35.5. The van der Waals surface area contributed by atoms with Crippen LogP contribution >= 0.6 is 23.2 Å². The van der Waals surface area contributed by atoms with Gasteiger partial charge in [-0.3, -0.25) is 0 Å². The van der Waals surface area contributed by atoms with Gasteiger partial charge in [0.2, 0.25) is 0 Å². The molecule has 0 amide bonds. The zero-order chi connectivity index (χ0) is 13.1. The molecule has 1 atom stereocenters. The standard InChI is InChI=1S/C11H12Cl2F3N/c1-2-17-10(11(14,15)16)6-7-3-4-8(12)9(13)5-7/h3-5,10,17H,2,6H2,1H3. The molecule has 1 N–H and O–H groups in total. The summed E-state index contributed by atoms with van der Waals surface area (Å²) in [5, 5.41) is 3.00. The van der Waals surface area contributed by atoms with Crippen LogP contribution in [0.15, 0.2) is 18.2 Å². The Kier molecular flexibility index (Phi) is 5.10. The van der Waals surface area contributed by atoms with Gasteiger partial charge in [-0.2, -0.15) is 13.2 Å². The van der Waals surface area contributed by atoms with Crippen molar-refractivity contribution in [2.75, 3.05) is 6.54 Å². The Bertz CT molecular complexity index is 379. The van der Waals surface area contributed by atoms with Crippen molar-refractivity contribution in [2.45, 2.75) is 25.6 Å². The van der Waals surface area contributed by atoms with Gasteiger partial charge in [0.15, 0.2) is 0 Å². The molecule has 0 fully saturated rings. The molecule has 0 aliphatic carbocycles. The molecule has 0 radical (unpaired) electrons. The van der Waals surface area contributed by atoms with Crippen LogP contribution in [0.4, 0.5) is 13.2 Å². The molecular formula is C11H12Cl2F3N. The van der Waals surface area contributed by atoms with E-state index < -0.39 is 12.2 Å². The van der Waals surface area contributed by atoms with Gasteiger partial charge in [0.1, 0.15) is 6.04 Å². The zero-order valence-corrected chi connectivity index (χ0v) is 10.6.